The van der Waals surface area contributed by atoms with E-state index in [0.717, 1.165) is 16.5 Å². The lowest BCUT2D eigenvalue weighted by Crippen LogP contribution is -2.21. The molecule has 140 valence electrons. The zero-order valence-electron chi connectivity index (χ0n) is 15.0. The molecule has 1 aromatic heterocycles. The summed E-state index contributed by atoms with van der Waals surface area (Å²) >= 11 is 0. The topological polar surface area (TPSA) is 96.5 Å². The number of ether oxygens (including phenoxy) is 1. The molecule has 0 saturated heterocycles. The number of carboxylic acids is 1. The molecule has 0 bridgehead atoms. The molecule has 0 spiro atoms. The van der Waals surface area contributed by atoms with Crippen molar-refractivity contribution >= 4 is 28.6 Å². The normalized spacial score (nSPS) is 12.0. The van der Waals surface area contributed by atoms with Crippen LogP contribution in [0.15, 0.2) is 30.5 Å². The highest BCUT2D eigenvalue weighted by Crippen LogP contribution is 2.24. The smallest absolute Gasteiger partial charge is 0.309 e. The lowest BCUT2D eigenvalue weighted by Gasteiger charge is -2.15. The van der Waals surface area contributed by atoms with E-state index in [1.165, 1.54) is 0 Å². The predicted octanol–water partition coefficient (Wildman–Crippen LogP) is 3.49. The first-order chi connectivity index (χ1) is 12.5. The van der Waals surface area contributed by atoms with E-state index in [0.29, 0.717) is 25.9 Å². The van der Waals surface area contributed by atoms with E-state index in [1.54, 1.807) is 6.92 Å². The highest BCUT2D eigenvalue weighted by Gasteiger charge is 2.22. The average Bonchev–Trinajstić information content (AvgIpc) is 3.01. The van der Waals surface area contributed by atoms with E-state index < -0.39 is 11.9 Å². The number of nitrogens with one attached hydrogen (secondary N) is 1. The second-order valence-electron chi connectivity index (χ2n) is 6.34. The number of para-hydroxylation sites is 1. The maximum Gasteiger partial charge on any atom is 0.309 e. The number of carbonyl (C=O) groups excluding carboxylic acids is 2. The van der Waals surface area contributed by atoms with E-state index in [4.69, 9.17) is 9.84 Å². The van der Waals surface area contributed by atoms with Crippen LogP contribution in [0.5, 0.6) is 0 Å². The van der Waals surface area contributed by atoms with Crippen molar-refractivity contribution in [3.8, 4) is 0 Å². The van der Waals surface area contributed by atoms with Gasteiger partial charge in [-0.15, -0.1) is 0 Å². The number of fused-ring (bicyclic) bond motifs is 1. The van der Waals surface area contributed by atoms with Gasteiger partial charge < -0.3 is 14.8 Å². The number of rotatable bonds is 11. The van der Waals surface area contributed by atoms with Gasteiger partial charge in [0.1, 0.15) is 5.78 Å². The van der Waals surface area contributed by atoms with Crippen molar-refractivity contribution in [1.82, 2.24) is 4.98 Å². The second kappa shape index (κ2) is 9.75. The second-order valence-corrected chi connectivity index (χ2v) is 6.34. The fourth-order valence-corrected chi connectivity index (χ4v) is 3.03. The van der Waals surface area contributed by atoms with E-state index in [1.807, 2.05) is 30.5 Å². The lowest BCUT2D eigenvalue weighted by atomic mass is 9.93. The molecule has 0 fully saturated rings. The number of aromatic nitrogens is 1. The van der Waals surface area contributed by atoms with Gasteiger partial charge in [-0.3, -0.25) is 14.4 Å². The summed E-state index contributed by atoms with van der Waals surface area (Å²) in [7, 11) is 0. The highest BCUT2D eigenvalue weighted by molar-refractivity contribution is 5.84. The van der Waals surface area contributed by atoms with Crippen LogP contribution in [0.1, 0.15) is 44.6 Å². The highest BCUT2D eigenvalue weighted by atomic mass is 16.5. The molecule has 2 N–H and O–H groups in total. The van der Waals surface area contributed by atoms with Crippen molar-refractivity contribution in [3.05, 3.63) is 36.0 Å². The summed E-state index contributed by atoms with van der Waals surface area (Å²) in [4.78, 5) is 38.0. The minimum absolute atomic E-state index is 0.0115. The summed E-state index contributed by atoms with van der Waals surface area (Å²) < 4.78 is 5.17. The molecule has 0 saturated carbocycles. The molecule has 2 rings (SSSR count). The van der Waals surface area contributed by atoms with Gasteiger partial charge in [0.15, 0.2) is 0 Å². The molecule has 2 aromatic rings. The van der Waals surface area contributed by atoms with Crippen molar-refractivity contribution in [2.45, 2.75) is 45.4 Å². The summed E-state index contributed by atoms with van der Waals surface area (Å²) in [6.07, 6.45) is 3.62. The standard InChI is InChI=1S/C20H25NO5/c1-2-26-20(25)14(10-11-16(22)6-5-9-19(23)24)12-15-13-21-18-8-4-3-7-17(15)18/h3-4,7-8,13-14,21H,2,5-6,9-12H2,1H3,(H,23,24). The largest absolute Gasteiger partial charge is 0.481 e. The van der Waals surface area contributed by atoms with Crippen LogP contribution in [0, 0.1) is 5.92 Å². The molecule has 6 nitrogen and oxygen atoms in total. The molecule has 0 aliphatic heterocycles. The van der Waals surface area contributed by atoms with Gasteiger partial charge in [0.2, 0.25) is 0 Å². The van der Waals surface area contributed by atoms with Crippen LogP contribution in [0.3, 0.4) is 0 Å². The van der Waals surface area contributed by atoms with E-state index >= 15 is 0 Å². The average molecular weight is 359 g/mol. The SMILES string of the molecule is CCOC(=O)C(CCC(=O)CCCC(=O)O)Cc1c[nH]c2ccccc12. The van der Waals surface area contributed by atoms with E-state index in [2.05, 4.69) is 4.98 Å². The fraction of sp³-hybridized carbons (Fsp3) is 0.450. The number of esters is 1. The predicted molar refractivity (Wildman–Crippen MR) is 97.9 cm³/mol. The number of carbonyl (C=O) groups is 3. The third-order valence-corrected chi connectivity index (χ3v) is 4.38. The number of carboxylic acid groups (broad SMARTS) is 1. The number of ketones is 1. The monoisotopic (exact) mass is 359 g/mol. The Morgan fingerprint density at radius 1 is 1.15 bits per heavy atom. The summed E-state index contributed by atoms with van der Waals surface area (Å²) in [5.74, 6) is -1.60. The van der Waals surface area contributed by atoms with Crippen molar-refractivity contribution in [2.24, 2.45) is 5.92 Å². The number of benzene rings is 1. The Morgan fingerprint density at radius 2 is 1.92 bits per heavy atom. The van der Waals surface area contributed by atoms with Gasteiger partial charge in [0.05, 0.1) is 12.5 Å². The molecule has 0 aliphatic rings. The van der Waals surface area contributed by atoms with Gasteiger partial charge in [-0.2, -0.15) is 0 Å². The molecule has 26 heavy (non-hydrogen) atoms. The third kappa shape index (κ3) is 5.72. The number of hydrogen-bond donors (Lipinski definition) is 2. The minimum atomic E-state index is -0.901. The van der Waals surface area contributed by atoms with Crippen LogP contribution in [-0.2, 0) is 25.5 Å². The molecular weight excluding hydrogens is 334 g/mol. The van der Waals surface area contributed by atoms with E-state index in [-0.39, 0.29) is 31.0 Å². The summed E-state index contributed by atoms with van der Waals surface area (Å²) in [6.45, 7) is 2.06. The Kier molecular flexibility index (Phi) is 7.38. The Labute approximate surface area is 152 Å². The van der Waals surface area contributed by atoms with Gasteiger partial charge in [-0.25, -0.2) is 0 Å². The number of hydrogen-bond acceptors (Lipinski definition) is 4. The zero-order valence-corrected chi connectivity index (χ0v) is 15.0. The molecule has 1 unspecified atom stereocenters. The van der Waals surface area contributed by atoms with Crippen LogP contribution in [0.25, 0.3) is 10.9 Å². The van der Waals surface area contributed by atoms with Crippen molar-refractivity contribution in [3.63, 3.8) is 0 Å². The number of aliphatic carboxylic acids is 1. The zero-order chi connectivity index (χ0) is 18.9. The molecule has 0 aliphatic carbocycles. The summed E-state index contributed by atoms with van der Waals surface area (Å²) in [5, 5.41) is 9.70. The van der Waals surface area contributed by atoms with Crippen LogP contribution >= 0.6 is 0 Å². The molecule has 1 aromatic carbocycles. The number of H-pyrrole nitrogens is 1. The van der Waals surface area contributed by atoms with Crippen molar-refractivity contribution in [2.75, 3.05) is 6.61 Å². The molecular formula is C20H25NO5. The van der Waals surface area contributed by atoms with E-state index in [9.17, 15) is 14.4 Å². The van der Waals surface area contributed by atoms with Gasteiger partial charge in [-0.05, 0) is 37.8 Å². The summed E-state index contributed by atoms with van der Waals surface area (Å²) in [6, 6.07) is 7.87. The lowest BCUT2D eigenvalue weighted by molar-refractivity contribution is -0.148. The maximum atomic E-state index is 12.3. The third-order valence-electron chi connectivity index (χ3n) is 4.38. The Morgan fingerprint density at radius 3 is 2.65 bits per heavy atom. The Bertz CT molecular complexity index is 764. The molecule has 1 atom stereocenters. The Hall–Kier alpha value is -2.63. The fourth-order valence-electron chi connectivity index (χ4n) is 3.03. The first-order valence-electron chi connectivity index (χ1n) is 8.96. The summed E-state index contributed by atoms with van der Waals surface area (Å²) in [5.41, 5.74) is 2.03. The minimum Gasteiger partial charge on any atom is -0.481 e. The van der Waals surface area contributed by atoms with Crippen LogP contribution < -0.4 is 0 Å². The van der Waals surface area contributed by atoms with Crippen LogP contribution in [-0.4, -0.2) is 34.4 Å². The van der Waals surface area contributed by atoms with Gasteiger partial charge in [0, 0.05) is 36.4 Å². The van der Waals surface area contributed by atoms with Crippen molar-refractivity contribution in [1.29, 1.82) is 0 Å². The quantitative estimate of drug-likeness (QED) is 0.599. The Balaban J connectivity index is 1.98. The van der Waals surface area contributed by atoms with Crippen LogP contribution in [0.2, 0.25) is 0 Å². The number of Topliss-reactive ketones (excluding diaryl/α,β-unsaturated/α-hetero) is 1. The molecule has 1 heterocycles. The first kappa shape index (κ1) is 19.7. The molecule has 0 radical (unpaired) electrons. The number of aromatic amines is 1. The van der Waals surface area contributed by atoms with Crippen molar-refractivity contribution < 1.29 is 24.2 Å². The molecule has 0 amide bonds. The van der Waals surface area contributed by atoms with Crippen LogP contribution in [0.4, 0.5) is 0 Å². The van der Waals surface area contributed by atoms with Gasteiger partial charge in [0.25, 0.3) is 0 Å². The van der Waals surface area contributed by atoms with Gasteiger partial charge in [-0.1, -0.05) is 18.2 Å². The first-order valence-corrected chi connectivity index (χ1v) is 8.96. The van der Waals surface area contributed by atoms with Gasteiger partial charge >= 0.3 is 11.9 Å². The maximum absolute atomic E-state index is 12.3. The molecule has 6 heteroatoms.